The summed E-state index contributed by atoms with van der Waals surface area (Å²) < 4.78 is 4.88. The van der Waals surface area contributed by atoms with Crippen molar-refractivity contribution >= 4 is 17.3 Å². The first-order valence-corrected chi connectivity index (χ1v) is 8.73. The molecule has 0 aliphatic heterocycles. The van der Waals surface area contributed by atoms with Gasteiger partial charge in [-0.15, -0.1) is 11.3 Å². The fourth-order valence-corrected chi connectivity index (χ4v) is 4.23. The molecule has 1 aromatic rings. The van der Waals surface area contributed by atoms with Crippen LogP contribution in [0, 0.1) is 5.92 Å². The summed E-state index contributed by atoms with van der Waals surface area (Å²) in [4.78, 5) is 17.3. The average molecular weight is 310 g/mol. The Bertz CT molecular complexity index is 490. The number of esters is 1. The number of methoxy groups -OCH3 is 1. The fourth-order valence-electron chi connectivity index (χ4n) is 3.04. The molecule has 0 atom stereocenters. The summed E-state index contributed by atoms with van der Waals surface area (Å²) in [7, 11) is 1.42. The molecule has 0 saturated heterocycles. The third-order valence-electron chi connectivity index (χ3n) is 4.56. The maximum absolute atomic E-state index is 11.9. The topological polar surface area (TPSA) is 65.2 Å². The van der Waals surface area contributed by atoms with Crippen molar-refractivity contribution in [1.82, 2.24) is 4.98 Å². The molecule has 0 bridgehead atoms. The van der Waals surface area contributed by atoms with Gasteiger partial charge in [-0.1, -0.05) is 26.7 Å². The first kappa shape index (κ1) is 16.4. The Hall–Kier alpha value is -0.940. The molecule has 1 heterocycles. The van der Waals surface area contributed by atoms with Gasteiger partial charge >= 0.3 is 5.97 Å². The van der Waals surface area contributed by atoms with Gasteiger partial charge in [-0.2, -0.15) is 0 Å². The molecular formula is C16H26N2O2S. The summed E-state index contributed by atoms with van der Waals surface area (Å²) in [5.74, 6) is 0.505. The molecule has 0 amide bonds. The predicted molar refractivity (Wildman–Crippen MR) is 85.6 cm³/mol. The largest absolute Gasteiger partial charge is 0.465 e. The maximum Gasteiger partial charge on any atom is 0.349 e. The number of hydrogen-bond donors (Lipinski definition) is 1. The number of ether oxygens (including phenoxy) is 1. The van der Waals surface area contributed by atoms with Crippen LogP contribution in [-0.4, -0.2) is 18.1 Å². The highest BCUT2D eigenvalue weighted by molar-refractivity contribution is 7.13. The molecule has 0 aromatic carbocycles. The Morgan fingerprint density at radius 1 is 1.43 bits per heavy atom. The number of thiazole rings is 1. The molecule has 1 aromatic heterocycles. The number of aromatic nitrogens is 1. The zero-order valence-corrected chi connectivity index (χ0v) is 14.1. The SMILES string of the molecule is CCCc1nc(C2(N)CCC(CC)CC2)sc1C(=O)OC. The van der Waals surface area contributed by atoms with Gasteiger partial charge in [0.1, 0.15) is 9.88 Å². The molecule has 0 unspecified atom stereocenters. The molecule has 2 rings (SSSR count). The van der Waals surface area contributed by atoms with E-state index in [1.54, 1.807) is 0 Å². The van der Waals surface area contributed by atoms with Crippen LogP contribution in [0.5, 0.6) is 0 Å². The van der Waals surface area contributed by atoms with Gasteiger partial charge in [0.05, 0.1) is 18.3 Å². The minimum Gasteiger partial charge on any atom is -0.465 e. The smallest absolute Gasteiger partial charge is 0.349 e. The number of nitrogens with zero attached hydrogens (tertiary/aromatic N) is 1. The standard InChI is InChI=1S/C16H26N2O2S/c1-4-6-12-13(14(19)20-3)21-15(18-12)16(17)9-7-11(5-2)8-10-16/h11H,4-10,17H2,1-3H3. The van der Waals surface area contributed by atoms with Crippen LogP contribution in [0.25, 0.3) is 0 Å². The Labute approximate surface area is 131 Å². The molecule has 2 N–H and O–H groups in total. The van der Waals surface area contributed by atoms with E-state index in [1.807, 2.05) is 0 Å². The monoisotopic (exact) mass is 310 g/mol. The Balaban J connectivity index is 2.25. The quantitative estimate of drug-likeness (QED) is 0.843. The zero-order chi connectivity index (χ0) is 15.5. The van der Waals surface area contributed by atoms with Crippen molar-refractivity contribution in [3.63, 3.8) is 0 Å². The number of rotatable bonds is 5. The number of aryl methyl sites for hydroxylation is 1. The highest BCUT2D eigenvalue weighted by atomic mass is 32.1. The van der Waals surface area contributed by atoms with Gasteiger partial charge in [0, 0.05) is 0 Å². The van der Waals surface area contributed by atoms with Gasteiger partial charge in [0.2, 0.25) is 0 Å². The third-order valence-corrected chi connectivity index (χ3v) is 5.85. The molecule has 1 saturated carbocycles. The average Bonchev–Trinajstić information content (AvgIpc) is 2.92. The van der Waals surface area contributed by atoms with Crippen molar-refractivity contribution in [3.8, 4) is 0 Å². The van der Waals surface area contributed by atoms with E-state index in [0.29, 0.717) is 4.88 Å². The number of nitrogens with two attached hydrogens (primary N) is 1. The van der Waals surface area contributed by atoms with Crippen LogP contribution >= 0.6 is 11.3 Å². The second-order valence-corrected chi connectivity index (χ2v) is 7.04. The van der Waals surface area contributed by atoms with E-state index < -0.39 is 0 Å². The lowest BCUT2D eigenvalue weighted by molar-refractivity contribution is 0.0605. The van der Waals surface area contributed by atoms with E-state index in [1.165, 1.54) is 24.9 Å². The van der Waals surface area contributed by atoms with Gasteiger partial charge in [-0.25, -0.2) is 9.78 Å². The molecule has 118 valence electrons. The summed E-state index contributed by atoms with van der Waals surface area (Å²) in [5, 5.41) is 0.918. The summed E-state index contributed by atoms with van der Waals surface area (Å²) >= 11 is 1.44. The Morgan fingerprint density at radius 3 is 2.62 bits per heavy atom. The lowest BCUT2D eigenvalue weighted by Crippen LogP contribution is -2.40. The van der Waals surface area contributed by atoms with E-state index in [-0.39, 0.29) is 11.5 Å². The summed E-state index contributed by atoms with van der Waals surface area (Å²) in [5.41, 5.74) is 7.11. The van der Waals surface area contributed by atoms with Gasteiger partial charge in [0.15, 0.2) is 0 Å². The van der Waals surface area contributed by atoms with E-state index in [9.17, 15) is 4.79 Å². The van der Waals surface area contributed by atoms with Gasteiger partial charge in [-0.05, 0) is 38.0 Å². The molecule has 0 spiro atoms. The number of hydrogen-bond acceptors (Lipinski definition) is 5. The fraction of sp³-hybridized carbons (Fsp3) is 0.750. The van der Waals surface area contributed by atoms with E-state index in [0.717, 1.165) is 55.1 Å². The van der Waals surface area contributed by atoms with Crippen molar-refractivity contribution in [3.05, 3.63) is 15.6 Å². The first-order chi connectivity index (χ1) is 10.0. The van der Waals surface area contributed by atoms with Crippen molar-refractivity contribution < 1.29 is 9.53 Å². The molecule has 0 radical (unpaired) electrons. The van der Waals surface area contributed by atoms with Crippen LogP contribution in [0.15, 0.2) is 0 Å². The Kier molecular flexibility index (Phi) is 5.38. The Morgan fingerprint density at radius 2 is 2.10 bits per heavy atom. The van der Waals surface area contributed by atoms with Crippen LogP contribution in [0.3, 0.4) is 0 Å². The van der Waals surface area contributed by atoms with Gasteiger partial charge in [-0.3, -0.25) is 0 Å². The molecule has 4 nitrogen and oxygen atoms in total. The van der Waals surface area contributed by atoms with Crippen LogP contribution in [0.4, 0.5) is 0 Å². The van der Waals surface area contributed by atoms with E-state index in [4.69, 9.17) is 15.5 Å². The van der Waals surface area contributed by atoms with Crippen molar-refractivity contribution in [2.45, 2.75) is 64.3 Å². The molecule has 1 aliphatic rings. The lowest BCUT2D eigenvalue weighted by Gasteiger charge is -2.35. The molecular weight excluding hydrogens is 284 g/mol. The second-order valence-electron chi connectivity index (χ2n) is 6.04. The van der Waals surface area contributed by atoms with Crippen LogP contribution in [0.1, 0.15) is 72.7 Å². The third kappa shape index (κ3) is 3.46. The van der Waals surface area contributed by atoms with Crippen LogP contribution in [-0.2, 0) is 16.7 Å². The number of carbonyl (C=O) groups is 1. The highest BCUT2D eigenvalue weighted by Crippen LogP contribution is 2.41. The molecule has 5 heteroatoms. The van der Waals surface area contributed by atoms with Crippen LogP contribution < -0.4 is 5.73 Å². The minimum absolute atomic E-state index is 0.284. The summed E-state index contributed by atoms with van der Waals surface area (Å²) in [6.07, 6.45) is 7.22. The number of carbonyl (C=O) groups excluding carboxylic acids is 1. The van der Waals surface area contributed by atoms with Crippen molar-refractivity contribution in [1.29, 1.82) is 0 Å². The van der Waals surface area contributed by atoms with Crippen LogP contribution in [0.2, 0.25) is 0 Å². The summed E-state index contributed by atoms with van der Waals surface area (Å²) in [6, 6.07) is 0. The maximum atomic E-state index is 11.9. The normalized spacial score (nSPS) is 25.8. The second kappa shape index (κ2) is 6.88. The van der Waals surface area contributed by atoms with E-state index in [2.05, 4.69) is 13.8 Å². The summed E-state index contributed by atoms with van der Waals surface area (Å²) in [6.45, 7) is 4.33. The molecule has 1 aliphatic carbocycles. The predicted octanol–water partition coefficient (Wildman–Crippen LogP) is 3.64. The van der Waals surface area contributed by atoms with Crippen molar-refractivity contribution in [2.75, 3.05) is 7.11 Å². The first-order valence-electron chi connectivity index (χ1n) is 7.91. The zero-order valence-electron chi connectivity index (χ0n) is 13.3. The minimum atomic E-state index is -0.356. The van der Waals surface area contributed by atoms with Crippen molar-refractivity contribution in [2.24, 2.45) is 11.7 Å². The lowest BCUT2D eigenvalue weighted by atomic mass is 9.76. The van der Waals surface area contributed by atoms with Gasteiger partial charge < -0.3 is 10.5 Å². The highest BCUT2D eigenvalue weighted by Gasteiger charge is 2.36. The molecule has 21 heavy (non-hydrogen) atoms. The van der Waals surface area contributed by atoms with Gasteiger partial charge in [0.25, 0.3) is 0 Å². The van der Waals surface area contributed by atoms with E-state index >= 15 is 0 Å². The molecule has 1 fully saturated rings.